The van der Waals surface area contributed by atoms with Crippen LogP contribution in [0.4, 0.5) is 0 Å². The fraction of sp³-hybridized carbons (Fsp3) is 0.154. The van der Waals surface area contributed by atoms with Gasteiger partial charge < -0.3 is 4.74 Å². The van der Waals surface area contributed by atoms with E-state index >= 15 is 0 Å². The van der Waals surface area contributed by atoms with Crippen molar-refractivity contribution in [3.05, 3.63) is 53.1 Å². The van der Waals surface area contributed by atoms with E-state index in [4.69, 9.17) is 16.3 Å². The molecule has 1 aromatic rings. The molecular weight excluding hydrogens is 224 g/mol. The Morgan fingerprint density at radius 3 is 2.94 bits per heavy atom. The van der Waals surface area contributed by atoms with Gasteiger partial charge in [0.25, 0.3) is 0 Å². The van der Waals surface area contributed by atoms with Gasteiger partial charge in [0.2, 0.25) is 0 Å². The molecule has 0 unspecified atom stereocenters. The summed E-state index contributed by atoms with van der Waals surface area (Å²) in [7, 11) is 0. The molecule has 0 aliphatic carbocycles. The first-order valence-electron chi connectivity index (χ1n) is 4.84. The van der Waals surface area contributed by atoms with Crippen LogP contribution in [0, 0.1) is 0 Å². The van der Waals surface area contributed by atoms with Gasteiger partial charge in [-0.15, -0.1) is 0 Å². The monoisotopic (exact) mass is 236 g/mol. The normalized spacial score (nSPS) is 10.4. The first kappa shape index (κ1) is 12.5. The Labute approximate surface area is 100 Å². The predicted molar refractivity (Wildman–Crippen MR) is 66.3 cm³/mol. The summed E-state index contributed by atoms with van der Waals surface area (Å²) in [6, 6.07) is 7.42. The summed E-state index contributed by atoms with van der Waals surface area (Å²) in [5.41, 5.74) is 1.37. The van der Waals surface area contributed by atoms with E-state index in [1.165, 1.54) is 0 Å². The predicted octanol–water partition coefficient (Wildman–Crippen LogP) is 3.47. The molecule has 84 valence electrons. The zero-order valence-electron chi connectivity index (χ0n) is 9.07. The van der Waals surface area contributed by atoms with Gasteiger partial charge in [0.1, 0.15) is 6.61 Å². The second-order valence-electron chi connectivity index (χ2n) is 3.34. The Morgan fingerprint density at radius 1 is 1.56 bits per heavy atom. The van der Waals surface area contributed by atoms with Crippen LogP contribution in [0.25, 0.3) is 6.08 Å². The Kier molecular flexibility index (Phi) is 4.80. The van der Waals surface area contributed by atoms with Crippen molar-refractivity contribution in [2.24, 2.45) is 0 Å². The molecule has 0 aromatic heterocycles. The minimum Gasteiger partial charge on any atom is -0.458 e. The fourth-order valence-electron chi connectivity index (χ4n) is 1.04. The molecular formula is C13H13ClO2. The maximum absolute atomic E-state index is 11.0. The zero-order chi connectivity index (χ0) is 12.0. The minimum atomic E-state index is -0.379. The number of carbonyl (C=O) groups is 1. The summed E-state index contributed by atoms with van der Waals surface area (Å²) in [6.45, 7) is 5.34. The van der Waals surface area contributed by atoms with Crippen LogP contribution in [0.1, 0.15) is 12.5 Å². The Hall–Kier alpha value is -1.54. The summed E-state index contributed by atoms with van der Waals surface area (Å²) < 4.78 is 4.90. The third-order valence-electron chi connectivity index (χ3n) is 1.82. The number of hydrogen-bond donors (Lipinski definition) is 0. The SMILES string of the molecule is C=C(C)C(=O)OCC=Cc1cccc(Cl)c1. The molecule has 0 N–H and O–H groups in total. The molecule has 0 fully saturated rings. The molecule has 0 atom stereocenters. The summed E-state index contributed by atoms with van der Waals surface area (Å²) >= 11 is 5.82. The van der Waals surface area contributed by atoms with Crippen molar-refractivity contribution in [1.82, 2.24) is 0 Å². The molecule has 16 heavy (non-hydrogen) atoms. The highest BCUT2D eigenvalue weighted by Crippen LogP contribution is 2.11. The van der Waals surface area contributed by atoms with Crippen LogP contribution in [0.5, 0.6) is 0 Å². The lowest BCUT2D eigenvalue weighted by Gasteiger charge is -1.99. The average molecular weight is 237 g/mol. The van der Waals surface area contributed by atoms with Gasteiger partial charge >= 0.3 is 5.97 Å². The maximum atomic E-state index is 11.0. The highest BCUT2D eigenvalue weighted by Gasteiger charge is 1.99. The molecule has 0 heterocycles. The first-order chi connectivity index (χ1) is 7.59. The van der Waals surface area contributed by atoms with Crippen LogP contribution in [-0.4, -0.2) is 12.6 Å². The highest BCUT2D eigenvalue weighted by molar-refractivity contribution is 6.30. The van der Waals surface area contributed by atoms with Gasteiger partial charge in [0.05, 0.1) is 0 Å². The molecule has 1 aromatic carbocycles. The van der Waals surface area contributed by atoms with E-state index in [9.17, 15) is 4.79 Å². The zero-order valence-corrected chi connectivity index (χ0v) is 9.83. The van der Waals surface area contributed by atoms with Gasteiger partial charge in [0, 0.05) is 10.6 Å². The highest BCUT2D eigenvalue weighted by atomic mass is 35.5. The van der Waals surface area contributed by atoms with Crippen LogP contribution >= 0.6 is 11.6 Å². The Bertz CT molecular complexity index is 422. The van der Waals surface area contributed by atoms with Crippen LogP contribution in [0.15, 0.2) is 42.5 Å². The topological polar surface area (TPSA) is 26.3 Å². The molecule has 1 rings (SSSR count). The lowest BCUT2D eigenvalue weighted by atomic mass is 10.2. The van der Waals surface area contributed by atoms with Gasteiger partial charge in [-0.05, 0) is 30.7 Å². The minimum absolute atomic E-state index is 0.234. The number of rotatable bonds is 4. The van der Waals surface area contributed by atoms with Crippen molar-refractivity contribution < 1.29 is 9.53 Å². The lowest BCUT2D eigenvalue weighted by molar-refractivity contribution is -0.137. The second-order valence-corrected chi connectivity index (χ2v) is 3.77. The Balaban J connectivity index is 2.44. The standard InChI is InChI=1S/C13H13ClO2/c1-10(2)13(15)16-8-4-6-11-5-3-7-12(14)9-11/h3-7,9H,1,8H2,2H3. The van der Waals surface area contributed by atoms with E-state index < -0.39 is 0 Å². The number of esters is 1. The third kappa shape index (κ3) is 4.32. The van der Waals surface area contributed by atoms with Crippen molar-refractivity contribution in [3.8, 4) is 0 Å². The van der Waals surface area contributed by atoms with E-state index in [1.54, 1.807) is 19.1 Å². The fourth-order valence-corrected chi connectivity index (χ4v) is 1.24. The van der Waals surface area contributed by atoms with E-state index in [1.807, 2.05) is 24.3 Å². The average Bonchev–Trinajstić information content (AvgIpc) is 2.24. The largest absolute Gasteiger partial charge is 0.458 e. The lowest BCUT2D eigenvalue weighted by Crippen LogP contribution is -2.04. The van der Waals surface area contributed by atoms with Gasteiger partial charge in [0.15, 0.2) is 0 Å². The van der Waals surface area contributed by atoms with Gasteiger partial charge in [-0.2, -0.15) is 0 Å². The van der Waals surface area contributed by atoms with E-state index in [2.05, 4.69) is 6.58 Å². The quantitative estimate of drug-likeness (QED) is 0.591. The summed E-state index contributed by atoms with van der Waals surface area (Å²) in [6.07, 6.45) is 3.60. The maximum Gasteiger partial charge on any atom is 0.333 e. The van der Waals surface area contributed by atoms with Gasteiger partial charge in [-0.1, -0.05) is 36.4 Å². The molecule has 0 spiro atoms. The van der Waals surface area contributed by atoms with Gasteiger partial charge in [-0.3, -0.25) is 0 Å². The first-order valence-corrected chi connectivity index (χ1v) is 5.22. The molecule has 0 amide bonds. The number of carbonyl (C=O) groups excluding carboxylic acids is 1. The molecule has 0 saturated carbocycles. The van der Waals surface area contributed by atoms with Crippen LogP contribution in [-0.2, 0) is 9.53 Å². The number of ether oxygens (including phenoxy) is 1. The molecule has 0 saturated heterocycles. The number of halogens is 1. The summed E-state index contributed by atoms with van der Waals surface area (Å²) in [5.74, 6) is -0.379. The molecule has 3 heteroatoms. The van der Waals surface area contributed by atoms with Crippen molar-refractivity contribution in [1.29, 1.82) is 0 Å². The summed E-state index contributed by atoms with van der Waals surface area (Å²) in [4.78, 5) is 11.0. The van der Waals surface area contributed by atoms with Crippen molar-refractivity contribution >= 4 is 23.6 Å². The summed E-state index contributed by atoms with van der Waals surface area (Å²) in [5, 5.41) is 0.682. The molecule has 0 bridgehead atoms. The smallest absolute Gasteiger partial charge is 0.333 e. The van der Waals surface area contributed by atoms with Gasteiger partial charge in [-0.25, -0.2) is 4.79 Å². The molecule has 0 radical (unpaired) electrons. The van der Waals surface area contributed by atoms with E-state index in [0.29, 0.717) is 10.6 Å². The second kappa shape index (κ2) is 6.13. The number of benzene rings is 1. The molecule has 0 aliphatic rings. The molecule has 2 nitrogen and oxygen atoms in total. The van der Waals surface area contributed by atoms with E-state index in [-0.39, 0.29) is 12.6 Å². The molecule has 0 aliphatic heterocycles. The van der Waals surface area contributed by atoms with Crippen LogP contribution in [0.3, 0.4) is 0 Å². The van der Waals surface area contributed by atoms with E-state index in [0.717, 1.165) is 5.56 Å². The van der Waals surface area contributed by atoms with Crippen molar-refractivity contribution in [3.63, 3.8) is 0 Å². The number of hydrogen-bond acceptors (Lipinski definition) is 2. The van der Waals surface area contributed by atoms with Crippen molar-refractivity contribution in [2.75, 3.05) is 6.61 Å². The van der Waals surface area contributed by atoms with Crippen LogP contribution < -0.4 is 0 Å². The van der Waals surface area contributed by atoms with Crippen molar-refractivity contribution in [2.45, 2.75) is 6.92 Å². The van der Waals surface area contributed by atoms with Crippen LogP contribution in [0.2, 0.25) is 5.02 Å². The Morgan fingerprint density at radius 2 is 2.31 bits per heavy atom. The third-order valence-corrected chi connectivity index (χ3v) is 2.05.